The number of imidazole rings is 1. The van der Waals surface area contributed by atoms with E-state index in [4.69, 9.17) is 18.0 Å². The van der Waals surface area contributed by atoms with Crippen molar-refractivity contribution in [2.75, 3.05) is 13.1 Å². The first kappa shape index (κ1) is 16.2. The van der Waals surface area contributed by atoms with Crippen molar-refractivity contribution >= 4 is 17.5 Å². The zero-order valence-electron chi connectivity index (χ0n) is 13.8. The van der Waals surface area contributed by atoms with Crippen molar-refractivity contribution < 1.29 is 4.79 Å². The third-order valence-corrected chi connectivity index (χ3v) is 5.35. The molecule has 25 heavy (non-hydrogen) atoms. The van der Waals surface area contributed by atoms with Gasteiger partial charge in [-0.15, -0.1) is 6.42 Å². The zero-order chi connectivity index (χ0) is 17.4. The molecule has 0 unspecified atom stereocenters. The highest BCUT2D eigenvalue weighted by molar-refractivity contribution is 6.31. The van der Waals surface area contributed by atoms with E-state index in [0.717, 1.165) is 53.6 Å². The summed E-state index contributed by atoms with van der Waals surface area (Å²) in [7, 11) is 0. The molecule has 2 aliphatic heterocycles. The van der Waals surface area contributed by atoms with Gasteiger partial charge in [0.25, 0.3) is 0 Å². The molecule has 1 N–H and O–H groups in total. The van der Waals surface area contributed by atoms with Crippen LogP contribution < -0.4 is 5.32 Å². The van der Waals surface area contributed by atoms with Gasteiger partial charge in [-0.1, -0.05) is 23.6 Å². The third kappa shape index (κ3) is 2.82. The molecule has 1 aromatic carbocycles. The summed E-state index contributed by atoms with van der Waals surface area (Å²) in [4.78, 5) is 19.1. The van der Waals surface area contributed by atoms with Gasteiger partial charge < -0.3 is 9.88 Å². The van der Waals surface area contributed by atoms with Gasteiger partial charge in [0.15, 0.2) is 0 Å². The minimum Gasteiger partial charge on any atom is -0.345 e. The highest BCUT2D eigenvalue weighted by atomic mass is 35.5. The van der Waals surface area contributed by atoms with Crippen molar-refractivity contribution in [3.05, 3.63) is 46.5 Å². The third-order valence-electron chi connectivity index (χ3n) is 4.99. The fourth-order valence-corrected chi connectivity index (χ4v) is 4.13. The number of carbonyl (C=O) groups excluding carboxylic acids is 1. The second-order valence-corrected chi connectivity index (χ2v) is 6.88. The Morgan fingerprint density at radius 3 is 3.20 bits per heavy atom. The number of hydrogen-bond acceptors (Lipinski definition) is 3. The molecule has 3 heterocycles. The van der Waals surface area contributed by atoms with E-state index in [0.29, 0.717) is 0 Å². The van der Waals surface area contributed by atoms with E-state index in [1.807, 2.05) is 18.5 Å². The Morgan fingerprint density at radius 2 is 2.36 bits per heavy atom. The van der Waals surface area contributed by atoms with Crippen LogP contribution in [0.25, 0.3) is 5.69 Å². The molecule has 128 valence electrons. The molecule has 1 saturated heterocycles. The van der Waals surface area contributed by atoms with Crippen molar-refractivity contribution in [1.29, 1.82) is 0 Å². The molecule has 1 fully saturated rings. The van der Waals surface area contributed by atoms with E-state index < -0.39 is 0 Å². The van der Waals surface area contributed by atoms with Crippen LogP contribution in [-0.4, -0.2) is 33.4 Å². The van der Waals surface area contributed by atoms with Gasteiger partial charge in [0.2, 0.25) is 5.91 Å². The second kappa shape index (κ2) is 6.55. The van der Waals surface area contributed by atoms with Gasteiger partial charge in [0.1, 0.15) is 0 Å². The lowest BCUT2D eigenvalue weighted by atomic mass is 10.1. The van der Waals surface area contributed by atoms with Gasteiger partial charge in [-0.2, -0.15) is 0 Å². The number of amides is 1. The maximum Gasteiger partial charge on any atom is 0.226 e. The molecule has 0 spiro atoms. The molecule has 0 radical (unpaired) electrons. The summed E-state index contributed by atoms with van der Waals surface area (Å²) in [6, 6.07) is 6.22. The number of benzene rings is 1. The standard InChI is InChI=1S/C19H19ClN4O/c1-2-8-21-18(25)10-15-19-17-7-4-9-23(17)11-13-14(20)5-3-6-16(13)24(19)12-22-15/h1,3,5-6,12,17H,4,7-11H2,(H,21,25)/t17-/m0/s1. The fourth-order valence-electron chi connectivity index (χ4n) is 3.90. The quantitative estimate of drug-likeness (QED) is 0.861. The van der Waals surface area contributed by atoms with Crippen LogP contribution in [0.1, 0.15) is 35.8 Å². The summed E-state index contributed by atoms with van der Waals surface area (Å²) in [5, 5.41) is 3.50. The lowest BCUT2D eigenvalue weighted by molar-refractivity contribution is -0.120. The molecule has 2 aliphatic rings. The number of hydrogen-bond donors (Lipinski definition) is 1. The Hall–Kier alpha value is -2.29. The highest BCUT2D eigenvalue weighted by Crippen LogP contribution is 2.41. The topological polar surface area (TPSA) is 50.2 Å². The van der Waals surface area contributed by atoms with Gasteiger partial charge in [-0.3, -0.25) is 9.69 Å². The molecule has 0 aliphatic carbocycles. The Morgan fingerprint density at radius 1 is 1.48 bits per heavy atom. The van der Waals surface area contributed by atoms with Gasteiger partial charge in [-0.25, -0.2) is 4.98 Å². The summed E-state index contributed by atoms with van der Waals surface area (Å²) in [5.41, 5.74) is 4.10. The van der Waals surface area contributed by atoms with Crippen molar-refractivity contribution in [1.82, 2.24) is 19.8 Å². The van der Waals surface area contributed by atoms with Crippen LogP contribution >= 0.6 is 11.6 Å². The first-order valence-corrected chi connectivity index (χ1v) is 8.85. The monoisotopic (exact) mass is 354 g/mol. The second-order valence-electron chi connectivity index (χ2n) is 6.47. The average molecular weight is 355 g/mol. The number of fused-ring (bicyclic) bond motifs is 5. The summed E-state index contributed by atoms with van der Waals surface area (Å²) in [6.07, 6.45) is 9.47. The Kier molecular flexibility index (Phi) is 4.24. The molecule has 5 nitrogen and oxygen atoms in total. The van der Waals surface area contributed by atoms with E-state index in [1.54, 1.807) is 0 Å². The van der Waals surface area contributed by atoms with E-state index in [1.165, 1.54) is 0 Å². The highest BCUT2D eigenvalue weighted by Gasteiger charge is 2.35. The maximum atomic E-state index is 12.1. The van der Waals surface area contributed by atoms with Crippen LogP contribution in [0.5, 0.6) is 0 Å². The molecule has 1 atom stereocenters. The first-order chi connectivity index (χ1) is 12.2. The predicted molar refractivity (Wildman–Crippen MR) is 96.5 cm³/mol. The fraction of sp³-hybridized carbons (Fsp3) is 0.368. The molecular weight excluding hydrogens is 336 g/mol. The summed E-state index contributed by atoms with van der Waals surface area (Å²) in [6.45, 7) is 2.09. The number of halogens is 1. The van der Waals surface area contributed by atoms with Crippen molar-refractivity contribution in [2.45, 2.75) is 31.8 Å². The summed E-state index contributed by atoms with van der Waals surface area (Å²) >= 11 is 6.48. The van der Waals surface area contributed by atoms with E-state index in [2.05, 4.69) is 31.8 Å². The lowest BCUT2D eigenvalue weighted by Crippen LogP contribution is -2.27. The van der Waals surface area contributed by atoms with Crippen molar-refractivity contribution in [3.8, 4) is 18.0 Å². The minimum absolute atomic E-state index is 0.0976. The van der Waals surface area contributed by atoms with Gasteiger partial charge >= 0.3 is 0 Å². The van der Waals surface area contributed by atoms with Crippen LogP contribution in [0.2, 0.25) is 5.02 Å². The van der Waals surface area contributed by atoms with Crippen LogP contribution in [0.3, 0.4) is 0 Å². The van der Waals surface area contributed by atoms with Crippen LogP contribution in [-0.2, 0) is 17.8 Å². The summed E-state index contributed by atoms with van der Waals surface area (Å²) in [5.74, 6) is 2.33. The number of rotatable bonds is 3. The molecular formula is C19H19ClN4O. The largest absolute Gasteiger partial charge is 0.345 e. The smallest absolute Gasteiger partial charge is 0.226 e. The molecule has 0 saturated carbocycles. The maximum absolute atomic E-state index is 12.1. The number of terminal acetylenes is 1. The predicted octanol–water partition coefficient (Wildman–Crippen LogP) is 2.47. The van der Waals surface area contributed by atoms with Crippen molar-refractivity contribution in [3.63, 3.8) is 0 Å². The molecule has 0 bridgehead atoms. The summed E-state index contributed by atoms with van der Waals surface area (Å²) < 4.78 is 2.11. The molecule has 2 aromatic rings. The van der Waals surface area contributed by atoms with Crippen molar-refractivity contribution in [2.24, 2.45) is 0 Å². The Balaban J connectivity index is 1.78. The number of nitrogens with zero attached hydrogens (tertiary/aromatic N) is 3. The van der Waals surface area contributed by atoms with Gasteiger partial charge in [-0.05, 0) is 31.5 Å². The Bertz CT molecular complexity index is 867. The Labute approximate surface area is 152 Å². The number of carbonyl (C=O) groups is 1. The average Bonchev–Trinajstić information content (AvgIpc) is 3.18. The number of nitrogens with one attached hydrogen (secondary N) is 1. The van der Waals surface area contributed by atoms with Gasteiger partial charge in [0, 0.05) is 17.1 Å². The minimum atomic E-state index is -0.0976. The van der Waals surface area contributed by atoms with E-state index >= 15 is 0 Å². The molecule has 6 heteroatoms. The molecule has 4 rings (SSSR count). The van der Waals surface area contributed by atoms with Crippen LogP contribution in [0.4, 0.5) is 0 Å². The SMILES string of the molecule is C#CCNC(=O)Cc1ncn2c1[C@@H]1CCCN1Cc1c(Cl)cccc1-2. The zero-order valence-corrected chi connectivity index (χ0v) is 14.6. The molecule has 1 amide bonds. The van der Waals surface area contributed by atoms with Crippen LogP contribution in [0.15, 0.2) is 24.5 Å². The number of aromatic nitrogens is 2. The van der Waals surface area contributed by atoms with E-state index in [-0.39, 0.29) is 24.9 Å². The lowest BCUT2D eigenvalue weighted by Gasteiger charge is -2.22. The van der Waals surface area contributed by atoms with Gasteiger partial charge in [0.05, 0.1) is 42.4 Å². The normalized spacial score (nSPS) is 18.6. The van der Waals surface area contributed by atoms with Crippen LogP contribution in [0, 0.1) is 12.3 Å². The molecule has 1 aromatic heterocycles. The van der Waals surface area contributed by atoms with E-state index in [9.17, 15) is 4.79 Å². The first-order valence-electron chi connectivity index (χ1n) is 8.47.